The summed E-state index contributed by atoms with van der Waals surface area (Å²) >= 11 is 0. The zero-order chi connectivity index (χ0) is 12.6. The van der Waals surface area contributed by atoms with Crippen molar-refractivity contribution in [2.24, 2.45) is 7.05 Å². The average Bonchev–Trinajstić information content (AvgIpc) is 2.62. The molecule has 2 aromatic rings. The maximum Gasteiger partial charge on any atom is 0.339 e. The van der Waals surface area contributed by atoms with E-state index in [4.69, 9.17) is 0 Å². The van der Waals surface area contributed by atoms with Gasteiger partial charge in [0.15, 0.2) is 6.10 Å². The van der Waals surface area contributed by atoms with Crippen molar-refractivity contribution in [3.05, 3.63) is 29.5 Å². The molecule has 0 radical (unpaired) electrons. The van der Waals surface area contributed by atoms with E-state index in [1.807, 2.05) is 20.0 Å². The molecule has 2 rings (SSSR count). The van der Waals surface area contributed by atoms with Crippen LogP contribution in [0, 0.1) is 6.92 Å². The van der Waals surface area contributed by atoms with Crippen LogP contribution in [0.5, 0.6) is 0 Å². The molecular weight excluding hydrogens is 220 g/mol. The Morgan fingerprint density at radius 1 is 1.53 bits per heavy atom. The van der Waals surface area contributed by atoms with E-state index in [2.05, 4.69) is 9.84 Å². The van der Waals surface area contributed by atoms with Gasteiger partial charge in [-0.25, -0.2) is 4.79 Å². The Bertz CT molecular complexity index is 574. The highest BCUT2D eigenvalue weighted by Crippen LogP contribution is 2.23. The smallest absolute Gasteiger partial charge is 0.339 e. The number of aliphatic hydroxyl groups excluding tert-OH is 1. The molecule has 1 unspecified atom stereocenters. The Morgan fingerprint density at radius 2 is 2.24 bits per heavy atom. The largest absolute Gasteiger partial charge is 0.467 e. The molecule has 0 saturated carbocycles. The molecule has 5 nitrogen and oxygen atoms in total. The van der Waals surface area contributed by atoms with E-state index >= 15 is 0 Å². The van der Waals surface area contributed by atoms with E-state index in [1.54, 1.807) is 16.8 Å². The minimum Gasteiger partial charge on any atom is -0.467 e. The Balaban J connectivity index is 2.51. The summed E-state index contributed by atoms with van der Waals surface area (Å²) in [5.74, 6) is -0.661. The quantitative estimate of drug-likeness (QED) is 0.790. The van der Waals surface area contributed by atoms with Crippen LogP contribution in [0.3, 0.4) is 0 Å². The molecule has 0 amide bonds. The lowest BCUT2D eigenvalue weighted by atomic mass is 10.1. The predicted molar refractivity (Wildman–Crippen MR) is 62.4 cm³/mol. The minimum atomic E-state index is -1.25. The molecule has 0 spiro atoms. The van der Waals surface area contributed by atoms with Crippen molar-refractivity contribution in [3.8, 4) is 0 Å². The normalized spacial score (nSPS) is 12.7. The molecule has 90 valence electrons. The Morgan fingerprint density at radius 3 is 2.88 bits per heavy atom. The number of ether oxygens (including phenoxy) is 1. The highest BCUT2D eigenvalue weighted by atomic mass is 16.5. The summed E-state index contributed by atoms with van der Waals surface area (Å²) in [6, 6.07) is 5.29. The van der Waals surface area contributed by atoms with E-state index in [9.17, 15) is 9.90 Å². The van der Waals surface area contributed by atoms with E-state index in [-0.39, 0.29) is 0 Å². The number of hydrogen-bond donors (Lipinski definition) is 1. The maximum absolute atomic E-state index is 11.2. The van der Waals surface area contributed by atoms with Crippen molar-refractivity contribution in [1.29, 1.82) is 0 Å². The summed E-state index contributed by atoms with van der Waals surface area (Å²) in [5, 5.41) is 14.9. The van der Waals surface area contributed by atoms with E-state index in [0.29, 0.717) is 5.56 Å². The van der Waals surface area contributed by atoms with Crippen LogP contribution in [0.1, 0.15) is 17.4 Å². The van der Waals surface area contributed by atoms with E-state index in [0.717, 1.165) is 16.6 Å². The van der Waals surface area contributed by atoms with Gasteiger partial charge in [-0.1, -0.05) is 6.07 Å². The fraction of sp³-hybridized carbons (Fsp3) is 0.333. The molecule has 1 aromatic carbocycles. The number of rotatable bonds is 2. The third kappa shape index (κ3) is 1.89. The molecule has 5 heteroatoms. The number of aromatic nitrogens is 2. The van der Waals surface area contributed by atoms with Gasteiger partial charge in [-0.3, -0.25) is 4.68 Å². The summed E-state index contributed by atoms with van der Waals surface area (Å²) in [5.41, 5.74) is 2.34. The van der Waals surface area contributed by atoms with Crippen LogP contribution in [0.25, 0.3) is 10.9 Å². The lowest BCUT2D eigenvalue weighted by Crippen LogP contribution is -2.13. The number of esters is 1. The van der Waals surface area contributed by atoms with Gasteiger partial charge in [-0.15, -0.1) is 0 Å². The molecule has 0 fully saturated rings. The molecule has 0 bridgehead atoms. The first kappa shape index (κ1) is 11.6. The highest BCUT2D eigenvalue weighted by Gasteiger charge is 2.18. The topological polar surface area (TPSA) is 64.3 Å². The van der Waals surface area contributed by atoms with Gasteiger partial charge < -0.3 is 9.84 Å². The predicted octanol–water partition coefficient (Wildman–Crippen LogP) is 1.09. The molecular formula is C12H14N2O3. The van der Waals surface area contributed by atoms with Crippen LogP contribution >= 0.6 is 0 Å². The van der Waals surface area contributed by atoms with Crippen LogP contribution < -0.4 is 0 Å². The van der Waals surface area contributed by atoms with Gasteiger partial charge in [0, 0.05) is 12.4 Å². The third-order valence-corrected chi connectivity index (χ3v) is 2.80. The highest BCUT2D eigenvalue weighted by molar-refractivity contribution is 5.84. The van der Waals surface area contributed by atoms with Gasteiger partial charge in [0.25, 0.3) is 0 Å². The first-order chi connectivity index (χ1) is 8.04. The number of nitrogens with zero attached hydrogens (tertiary/aromatic N) is 2. The molecule has 1 atom stereocenters. The van der Waals surface area contributed by atoms with Crippen molar-refractivity contribution in [1.82, 2.24) is 9.78 Å². The van der Waals surface area contributed by atoms with Crippen LogP contribution in [0.4, 0.5) is 0 Å². The number of benzene rings is 1. The Hall–Kier alpha value is -1.88. The number of aliphatic hydroxyl groups is 1. The van der Waals surface area contributed by atoms with Gasteiger partial charge in [0.1, 0.15) is 0 Å². The van der Waals surface area contributed by atoms with Gasteiger partial charge in [0.2, 0.25) is 0 Å². The lowest BCUT2D eigenvalue weighted by molar-refractivity contribution is -0.150. The van der Waals surface area contributed by atoms with Crippen molar-refractivity contribution in [3.63, 3.8) is 0 Å². The second-order valence-corrected chi connectivity index (χ2v) is 3.91. The number of carbonyl (C=O) groups excluding carboxylic acids is 1. The van der Waals surface area contributed by atoms with Gasteiger partial charge in [-0.2, -0.15) is 5.10 Å². The maximum atomic E-state index is 11.2. The van der Waals surface area contributed by atoms with Crippen molar-refractivity contribution in [2.45, 2.75) is 13.0 Å². The molecule has 1 N–H and O–H groups in total. The molecule has 0 aliphatic carbocycles. The SMILES string of the molecule is COC(=O)C(O)c1ccc2c(c1)c(C)nn2C. The molecule has 1 aromatic heterocycles. The fourth-order valence-electron chi connectivity index (χ4n) is 1.88. The fourth-order valence-corrected chi connectivity index (χ4v) is 1.88. The number of carbonyl (C=O) groups is 1. The third-order valence-electron chi connectivity index (χ3n) is 2.80. The Labute approximate surface area is 98.6 Å². The summed E-state index contributed by atoms with van der Waals surface area (Å²) < 4.78 is 6.27. The zero-order valence-corrected chi connectivity index (χ0v) is 9.97. The summed E-state index contributed by atoms with van der Waals surface area (Å²) in [6.07, 6.45) is -1.25. The average molecular weight is 234 g/mol. The van der Waals surface area contributed by atoms with E-state index in [1.165, 1.54) is 7.11 Å². The molecule has 0 saturated heterocycles. The molecule has 1 heterocycles. The number of hydrogen-bond acceptors (Lipinski definition) is 4. The van der Waals surface area contributed by atoms with Crippen molar-refractivity contribution < 1.29 is 14.6 Å². The van der Waals surface area contributed by atoms with Crippen molar-refractivity contribution in [2.75, 3.05) is 7.11 Å². The van der Waals surface area contributed by atoms with Crippen molar-refractivity contribution >= 4 is 16.9 Å². The van der Waals surface area contributed by atoms with E-state index < -0.39 is 12.1 Å². The summed E-state index contributed by atoms with van der Waals surface area (Å²) in [7, 11) is 3.10. The molecule has 0 aliphatic rings. The van der Waals surface area contributed by atoms with Crippen LogP contribution in [-0.4, -0.2) is 28.0 Å². The number of methoxy groups -OCH3 is 1. The Kier molecular flexibility index (Phi) is 2.85. The summed E-state index contributed by atoms with van der Waals surface area (Å²) in [4.78, 5) is 11.2. The minimum absolute atomic E-state index is 0.514. The number of fused-ring (bicyclic) bond motifs is 1. The van der Waals surface area contributed by atoms with Crippen LogP contribution in [0.2, 0.25) is 0 Å². The van der Waals surface area contributed by atoms with Crippen LogP contribution in [-0.2, 0) is 16.6 Å². The van der Waals surface area contributed by atoms with Gasteiger partial charge in [0.05, 0.1) is 18.3 Å². The molecule has 17 heavy (non-hydrogen) atoms. The second-order valence-electron chi connectivity index (χ2n) is 3.91. The lowest BCUT2D eigenvalue weighted by Gasteiger charge is -2.08. The van der Waals surface area contributed by atoms with Gasteiger partial charge in [-0.05, 0) is 24.6 Å². The molecule has 0 aliphatic heterocycles. The van der Waals surface area contributed by atoms with Crippen LogP contribution in [0.15, 0.2) is 18.2 Å². The first-order valence-corrected chi connectivity index (χ1v) is 5.23. The second kappa shape index (κ2) is 4.18. The monoisotopic (exact) mass is 234 g/mol. The zero-order valence-electron chi connectivity index (χ0n) is 9.97. The summed E-state index contributed by atoms with van der Waals surface area (Å²) in [6.45, 7) is 1.89. The standard InChI is InChI=1S/C12H14N2O3/c1-7-9-6-8(11(15)12(16)17-3)4-5-10(9)14(2)13-7/h4-6,11,15H,1-3H3. The first-order valence-electron chi connectivity index (χ1n) is 5.23. The van der Waals surface area contributed by atoms with Gasteiger partial charge >= 0.3 is 5.97 Å². The number of aryl methyl sites for hydroxylation is 2.